The van der Waals surface area contributed by atoms with Crippen LogP contribution in [0.5, 0.6) is 0 Å². The minimum Gasteiger partial charge on any atom is -0.467 e. The maximum Gasteiger partial charge on any atom is 0.422 e. The first-order chi connectivity index (χ1) is 14.9. The molecule has 1 aromatic carbocycles. The average Bonchev–Trinajstić information content (AvgIpc) is 2.69. The third kappa shape index (κ3) is 12.1. The fourth-order valence-corrected chi connectivity index (χ4v) is 3.17. The molecular formula is C20H31N3O8S. The summed E-state index contributed by atoms with van der Waals surface area (Å²) in [5.41, 5.74) is -0.0397. The van der Waals surface area contributed by atoms with Crippen LogP contribution in [-0.4, -0.2) is 51.9 Å². The van der Waals surface area contributed by atoms with Gasteiger partial charge in [-0.1, -0.05) is 30.3 Å². The quantitative estimate of drug-likeness (QED) is 0.251. The molecular weight excluding hydrogens is 442 g/mol. The summed E-state index contributed by atoms with van der Waals surface area (Å²) >= 11 is 0. The number of carbonyl (C=O) groups excluding carboxylic acids is 3. The molecule has 11 nitrogen and oxygen atoms in total. The van der Waals surface area contributed by atoms with Crippen molar-refractivity contribution in [2.45, 2.75) is 58.3 Å². The molecule has 0 saturated heterocycles. The maximum atomic E-state index is 12.0. The number of ether oxygens (including phenoxy) is 3. The normalized spacial score (nSPS) is 12.4. The van der Waals surface area contributed by atoms with E-state index in [4.69, 9.17) is 9.47 Å². The Hall–Kier alpha value is -2.86. The summed E-state index contributed by atoms with van der Waals surface area (Å²) in [6, 6.07) is 8.11. The minimum atomic E-state index is -4.08. The van der Waals surface area contributed by atoms with Crippen molar-refractivity contribution < 1.29 is 37.0 Å². The van der Waals surface area contributed by atoms with Gasteiger partial charge >= 0.3 is 28.4 Å². The van der Waals surface area contributed by atoms with Crippen LogP contribution >= 0.6 is 0 Å². The summed E-state index contributed by atoms with van der Waals surface area (Å²) in [6.07, 6.45) is -0.939. The van der Waals surface area contributed by atoms with Crippen molar-refractivity contribution in [2.24, 2.45) is 0 Å². The summed E-state index contributed by atoms with van der Waals surface area (Å²) in [7, 11) is -2.89. The zero-order valence-electron chi connectivity index (χ0n) is 18.7. The van der Waals surface area contributed by atoms with Crippen molar-refractivity contribution in [3.8, 4) is 0 Å². The van der Waals surface area contributed by atoms with Crippen molar-refractivity contribution in [1.29, 1.82) is 0 Å². The van der Waals surface area contributed by atoms with Gasteiger partial charge in [-0.25, -0.2) is 19.1 Å². The molecule has 0 aliphatic rings. The monoisotopic (exact) mass is 473 g/mol. The smallest absolute Gasteiger partial charge is 0.422 e. The van der Waals surface area contributed by atoms with Crippen molar-refractivity contribution in [1.82, 2.24) is 14.8 Å². The standard InChI is InChI=1S/C20H31N3O8S/c1-20(2,3)31-19(26)23-32(27,28)21-13-9-8-12-16(17(24)29-4)22-18(25)30-14-15-10-6-5-7-11-15/h5-7,10-11,16,21H,8-9,12-14H2,1-4H3,(H,22,25)(H,23,26)/t16-/m0/s1. The topological polar surface area (TPSA) is 149 Å². The summed E-state index contributed by atoms with van der Waals surface area (Å²) in [4.78, 5) is 35.5. The lowest BCUT2D eigenvalue weighted by Crippen LogP contribution is -2.43. The summed E-state index contributed by atoms with van der Waals surface area (Å²) in [5.74, 6) is -0.645. The number of alkyl carbamates (subject to hydrolysis) is 1. The van der Waals surface area contributed by atoms with Crippen molar-refractivity contribution >= 4 is 28.4 Å². The van der Waals surface area contributed by atoms with E-state index in [1.54, 1.807) is 37.6 Å². The van der Waals surface area contributed by atoms with Gasteiger partial charge in [0.25, 0.3) is 0 Å². The van der Waals surface area contributed by atoms with E-state index in [1.165, 1.54) is 7.11 Å². The molecule has 0 aromatic heterocycles. The fraction of sp³-hybridized carbons (Fsp3) is 0.550. The highest BCUT2D eigenvalue weighted by molar-refractivity contribution is 7.88. The number of hydrogen-bond donors (Lipinski definition) is 3. The van der Waals surface area contributed by atoms with Gasteiger partial charge in [0, 0.05) is 6.54 Å². The average molecular weight is 474 g/mol. The Balaban J connectivity index is 2.39. The molecule has 0 aliphatic heterocycles. The maximum absolute atomic E-state index is 12.0. The summed E-state index contributed by atoms with van der Waals surface area (Å²) in [5, 5.41) is 2.45. The summed E-state index contributed by atoms with van der Waals surface area (Å²) in [6.45, 7) is 4.87. The number of amides is 2. The van der Waals surface area contributed by atoms with Crippen LogP contribution in [0.3, 0.4) is 0 Å². The fourth-order valence-electron chi connectivity index (χ4n) is 2.42. The van der Waals surface area contributed by atoms with Crippen LogP contribution in [0.4, 0.5) is 9.59 Å². The third-order valence-electron chi connectivity index (χ3n) is 3.82. The van der Waals surface area contributed by atoms with Gasteiger partial charge in [0.05, 0.1) is 7.11 Å². The van der Waals surface area contributed by atoms with Crippen LogP contribution < -0.4 is 14.8 Å². The number of carbonyl (C=O) groups is 3. The molecule has 0 radical (unpaired) electrons. The van der Waals surface area contributed by atoms with Crippen molar-refractivity contribution in [2.75, 3.05) is 13.7 Å². The van der Waals surface area contributed by atoms with Gasteiger partial charge in [-0.2, -0.15) is 13.1 Å². The molecule has 0 bridgehead atoms. The van der Waals surface area contributed by atoms with Gasteiger partial charge < -0.3 is 19.5 Å². The van der Waals surface area contributed by atoms with Crippen LogP contribution in [0.1, 0.15) is 45.6 Å². The number of rotatable bonds is 11. The molecule has 0 aliphatic carbocycles. The zero-order valence-corrected chi connectivity index (χ0v) is 19.5. The van der Waals surface area contributed by atoms with E-state index in [0.29, 0.717) is 12.8 Å². The highest BCUT2D eigenvalue weighted by Gasteiger charge is 2.23. The molecule has 180 valence electrons. The van der Waals surface area contributed by atoms with Crippen molar-refractivity contribution in [3.05, 3.63) is 35.9 Å². The first-order valence-corrected chi connectivity index (χ1v) is 11.5. The largest absolute Gasteiger partial charge is 0.467 e. The Morgan fingerprint density at radius 1 is 1.03 bits per heavy atom. The lowest BCUT2D eigenvalue weighted by atomic mass is 10.1. The Labute approximate surface area is 188 Å². The Morgan fingerprint density at radius 3 is 2.28 bits per heavy atom. The van der Waals surface area contributed by atoms with E-state index in [0.717, 1.165) is 5.56 Å². The molecule has 3 N–H and O–H groups in total. The minimum absolute atomic E-state index is 0.00444. The molecule has 0 unspecified atom stereocenters. The molecule has 1 atom stereocenters. The molecule has 12 heteroatoms. The SMILES string of the molecule is COC(=O)[C@H](CCCCNS(=O)(=O)NC(=O)OC(C)(C)C)NC(=O)OCc1ccccc1. The van der Waals surface area contributed by atoms with Gasteiger partial charge in [-0.15, -0.1) is 0 Å². The number of benzene rings is 1. The van der Waals surface area contributed by atoms with E-state index in [9.17, 15) is 22.8 Å². The molecule has 0 heterocycles. The van der Waals surface area contributed by atoms with Crippen LogP contribution in [0.15, 0.2) is 30.3 Å². The van der Waals surface area contributed by atoms with E-state index < -0.39 is 40.0 Å². The van der Waals surface area contributed by atoms with Crippen LogP contribution in [0.25, 0.3) is 0 Å². The molecule has 32 heavy (non-hydrogen) atoms. The van der Waals surface area contributed by atoms with Gasteiger partial charge in [0.2, 0.25) is 0 Å². The van der Waals surface area contributed by atoms with E-state index in [2.05, 4.69) is 14.8 Å². The van der Waals surface area contributed by atoms with E-state index >= 15 is 0 Å². The molecule has 1 aromatic rings. The lowest BCUT2D eigenvalue weighted by molar-refractivity contribution is -0.143. The third-order valence-corrected chi connectivity index (χ3v) is 4.84. The predicted octanol–water partition coefficient (Wildman–Crippen LogP) is 1.98. The summed E-state index contributed by atoms with van der Waals surface area (Å²) < 4.78 is 42.3. The highest BCUT2D eigenvalue weighted by atomic mass is 32.2. The number of unbranched alkanes of at least 4 members (excludes halogenated alkanes) is 1. The first-order valence-electron chi connectivity index (χ1n) is 9.97. The zero-order chi connectivity index (χ0) is 24.2. The number of esters is 1. The van der Waals surface area contributed by atoms with Gasteiger partial charge in [0.1, 0.15) is 18.2 Å². The Kier molecular flexibility index (Phi) is 10.9. The second-order valence-corrected chi connectivity index (χ2v) is 9.28. The van der Waals surface area contributed by atoms with E-state index in [1.807, 2.05) is 18.2 Å². The number of methoxy groups -OCH3 is 1. The van der Waals surface area contributed by atoms with Crippen molar-refractivity contribution in [3.63, 3.8) is 0 Å². The van der Waals surface area contributed by atoms with Crippen LogP contribution in [0.2, 0.25) is 0 Å². The van der Waals surface area contributed by atoms with Gasteiger partial charge in [-0.05, 0) is 45.6 Å². The second-order valence-electron chi connectivity index (χ2n) is 7.78. The Morgan fingerprint density at radius 2 is 1.69 bits per heavy atom. The number of nitrogens with one attached hydrogen (secondary N) is 3. The first kappa shape index (κ1) is 27.2. The van der Waals surface area contributed by atoms with Gasteiger partial charge in [-0.3, -0.25) is 0 Å². The van der Waals surface area contributed by atoms with Crippen LogP contribution in [0, 0.1) is 0 Å². The molecule has 0 fully saturated rings. The Bertz CT molecular complexity index is 853. The number of hydrogen-bond acceptors (Lipinski definition) is 8. The van der Waals surface area contributed by atoms with Gasteiger partial charge in [0.15, 0.2) is 0 Å². The lowest BCUT2D eigenvalue weighted by Gasteiger charge is -2.19. The molecule has 2 amide bonds. The van der Waals surface area contributed by atoms with Crippen LogP contribution in [-0.2, 0) is 35.8 Å². The highest BCUT2D eigenvalue weighted by Crippen LogP contribution is 2.07. The molecule has 1 rings (SSSR count). The van der Waals surface area contributed by atoms with E-state index in [-0.39, 0.29) is 19.6 Å². The predicted molar refractivity (Wildman–Crippen MR) is 116 cm³/mol. The molecule has 0 saturated carbocycles. The molecule has 0 spiro atoms. The second kappa shape index (κ2) is 12.9.